The molecular formula is C10H17N. The molecule has 0 aromatic carbocycles. The van der Waals surface area contributed by atoms with Crippen LogP contribution in [0.5, 0.6) is 0 Å². The third kappa shape index (κ3) is 2.95. The van der Waals surface area contributed by atoms with Gasteiger partial charge in [-0.2, -0.15) is 0 Å². The third-order valence-corrected chi connectivity index (χ3v) is 2.42. The molecule has 1 heteroatoms. The summed E-state index contributed by atoms with van der Waals surface area (Å²) in [5.41, 5.74) is 0. The van der Waals surface area contributed by atoms with Crippen LogP contribution >= 0.6 is 0 Å². The van der Waals surface area contributed by atoms with E-state index in [1.807, 2.05) is 6.92 Å². The SMILES string of the molecule is C#CC(C)NCC(C)C1CC1. The van der Waals surface area contributed by atoms with Gasteiger partial charge >= 0.3 is 0 Å². The lowest BCUT2D eigenvalue weighted by Crippen LogP contribution is -2.29. The molecule has 0 saturated heterocycles. The van der Waals surface area contributed by atoms with Gasteiger partial charge in [-0.3, -0.25) is 0 Å². The van der Waals surface area contributed by atoms with Gasteiger partial charge in [-0.25, -0.2) is 0 Å². The lowest BCUT2D eigenvalue weighted by atomic mass is 10.1. The van der Waals surface area contributed by atoms with Crippen molar-refractivity contribution in [2.75, 3.05) is 6.54 Å². The van der Waals surface area contributed by atoms with Crippen molar-refractivity contribution in [2.24, 2.45) is 11.8 Å². The Labute approximate surface area is 69.6 Å². The molecule has 0 bridgehead atoms. The fourth-order valence-corrected chi connectivity index (χ4v) is 1.25. The quantitative estimate of drug-likeness (QED) is 0.602. The van der Waals surface area contributed by atoms with Crippen LogP contribution in [0.15, 0.2) is 0 Å². The second-order valence-corrected chi connectivity index (χ2v) is 3.61. The maximum atomic E-state index is 5.24. The Kier molecular flexibility index (Phi) is 2.96. The van der Waals surface area contributed by atoms with Crippen molar-refractivity contribution in [3.05, 3.63) is 0 Å². The first kappa shape index (κ1) is 8.62. The first-order chi connectivity index (χ1) is 5.24. The van der Waals surface area contributed by atoms with Crippen LogP contribution < -0.4 is 5.32 Å². The van der Waals surface area contributed by atoms with Crippen LogP contribution in [0.1, 0.15) is 26.7 Å². The van der Waals surface area contributed by atoms with E-state index in [1.165, 1.54) is 12.8 Å². The second kappa shape index (κ2) is 3.78. The van der Waals surface area contributed by atoms with E-state index < -0.39 is 0 Å². The molecule has 0 heterocycles. The molecule has 2 atom stereocenters. The van der Waals surface area contributed by atoms with Crippen LogP contribution in [0.4, 0.5) is 0 Å². The lowest BCUT2D eigenvalue weighted by Gasteiger charge is -2.12. The summed E-state index contributed by atoms with van der Waals surface area (Å²) in [6.07, 6.45) is 8.09. The van der Waals surface area contributed by atoms with Crippen molar-refractivity contribution >= 4 is 0 Å². The van der Waals surface area contributed by atoms with Crippen molar-refractivity contribution in [2.45, 2.75) is 32.7 Å². The van der Waals surface area contributed by atoms with Gasteiger partial charge in [0.25, 0.3) is 0 Å². The van der Waals surface area contributed by atoms with E-state index in [4.69, 9.17) is 6.42 Å². The second-order valence-electron chi connectivity index (χ2n) is 3.61. The highest BCUT2D eigenvalue weighted by Gasteiger charge is 2.27. The highest BCUT2D eigenvalue weighted by molar-refractivity contribution is 4.96. The molecule has 0 amide bonds. The Morgan fingerprint density at radius 1 is 1.55 bits per heavy atom. The highest BCUT2D eigenvalue weighted by atomic mass is 14.9. The van der Waals surface area contributed by atoms with Gasteiger partial charge in [0.15, 0.2) is 0 Å². The Hall–Kier alpha value is -0.480. The number of nitrogens with one attached hydrogen (secondary N) is 1. The smallest absolute Gasteiger partial charge is 0.0658 e. The number of hydrogen-bond acceptors (Lipinski definition) is 1. The maximum Gasteiger partial charge on any atom is 0.0658 e. The molecule has 0 radical (unpaired) electrons. The van der Waals surface area contributed by atoms with Gasteiger partial charge in [0.1, 0.15) is 0 Å². The Morgan fingerprint density at radius 2 is 2.18 bits per heavy atom. The summed E-state index contributed by atoms with van der Waals surface area (Å²) >= 11 is 0. The van der Waals surface area contributed by atoms with E-state index >= 15 is 0 Å². The summed E-state index contributed by atoms with van der Waals surface area (Å²) in [6.45, 7) is 5.41. The van der Waals surface area contributed by atoms with Crippen molar-refractivity contribution in [3.63, 3.8) is 0 Å². The van der Waals surface area contributed by atoms with Crippen LogP contribution in [0, 0.1) is 24.2 Å². The summed E-state index contributed by atoms with van der Waals surface area (Å²) in [5, 5.41) is 3.32. The zero-order valence-corrected chi connectivity index (χ0v) is 7.43. The van der Waals surface area contributed by atoms with Gasteiger partial charge in [0.2, 0.25) is 0 Å². The Morgan fingerprint density at radius 3 is 2.64 bits per heavy atom. The maximum absolute atomic E-state index is 5.24. The molecule has 1 fully saturated rings. The summed E-state index contributed by atoms with van der Waals surface area (Å²) in [7, 11) is 0. The minimum Gasteiger partial charge on any atom is -0.304 e. The van der Waals surface area contributed by atoms with Crippen LogP contribution in [0.2, 0.25) is 0 Å². The van der Waals surface area contributed by atoms with E-state index in [9.17, 15) is 0 Å². The minimum absolute atomic E-state index is 0.233. The Balaban J connectivity index is 2.06. The molecule has 0 spiro atoms. The Bertz CT molecular complexity index is 153. The third-order valence-electron chi connectivity index (χ3n) is 2.42. The lowest BCUT2D eigenvalue weighted by molar-refractivity contribution is 0.452. The molecule has 11 heavy (non-hydrogen) atoms. The summed E-state index contributed by atoms with van der Waals surface area (Å²) in [4.78, 5) is 0. The van der Waals surface area contributed by atoms with Gasteiger partial charge in [-0.15, -0.1) is 6.42 Å². The number of rotatable bonds is 4. The van der Waals surface area contributed by atoms with E-state index in [0.717, 1.165) is 18.4 Å². The van der Waals surface area contributed by atoms with E-state index in [-0.39, 0.29) is 6.04 Å². The predicted octanol–water partition coefficient (Wildman–Crippen LogP) is 1.64. The standard InChI is InChI=1S/C10H17N/c1-4-9(3)11-7-8(2)10-5-6-10/h1,8-11H,5-7H2,2-3H3. The van der Waals surface area contributed by atoms with Gasteiger partial charge in [-0.05, 0) is 38.1 Å². The molecule has 1 aliphatic carbocycles. The molecule has 1 rings (SSSR count). The van der Waals surface area contributed by atoms with Gasteiger partial charge < -0.3 is 5.32 Å². The molecule has 1 saturated carbocycles. The molecule has 2 unspecified atom stereocenters. The van der Waals surface area contributed by atoms with Gasteiger partial charge in [0, 0.05) is 0 Å². The van der Waals surface area contributed by atoms with Crippen LogP contribution in [0.3, 0.4) is 0 Å². The predicted molar refractivity (Wildman–Crippen MR) is 48.2 cm³/mol. The van der Waals surface area contributed by atoms with Gasteiger partial charge in [0.05, 0.1) is 6.04 Å². The average molecular weight is 151 g/mol. The molecule has 0 aromatic rings. The topological polar surface area (TPSA) is 12.0 Å². The molecule has 1 nitrogen and oxygen atoms in total. The van der Waals surface area contributed by atoms with Crippen molar-refractivity contribution in [3.8, 4) is 12.3 Å². The van der Waals surface area contributed by atoms with Crippen molar-refractivity contribution < 1.29 is 0 Å². The van der Waals surface area contributed by atoms with Gasteiger partial charge in [-0.1, -0.05) is 12.8 Å². The van der Waals surface area contributed by atoms with Crippen LogP contribution in [-0.2, 0) is 0 Å². The van der Waals surface area contributed by atoms with E-state index in [0.29, 0.717) is 0 Å². The van der Waals surface area contributed by atoms with Crippen LogP contribution in [-0.4, -0.2) is 12.6 Å². The average Bonchev–Trinajstić information content (AvgIpc) is 2.81. The highest BCUT2D eigenvalue weighted by Crippen LogP contribution is 2.36. The number of hydrogen-bond donors (Lipinski definition) is 1. The van der Waals surface area contributed by atoms with Crippen LogP contribution in [0.25, 0.3) is 0 Å². The normalized spacial score (nSPS) is 22.3. The molecule has 62 valence electrons. The fraction of sp³-hybridized carbons (Fsp3) is 0.800. The minimum atomic E-state index is 0.233. The first-order valence-corrected chi connectivity index (χ1v) is 4.43. The van der Waals surface area contributed by atoms with E-state index in [1.54, 1.807) is 0 Å². The van der Waals surface area contributed by atoms with Crippen molar-refractivity contribution in [1.82, 2.24) is 5.32 Å². The zero-order valence-electron chi connectivity index (χ0n) is 7.43. The number of terminal acetylenes is 1. The molecular weight excluding hydrogens is 134 g/mol. The largest absolute Gasteiger partial charge is 0.304 e. The molecule has 0 aromatic heterocycles. The summed E-state index contributed by atoms with van der Waals surface area (Å²) in [5.74, 6) is 4.46. The fourth-order valence-electron chi connectivity index (χ4n) is 1.25. The zero-order chi connectivity index (χ0) is 8.27. The summed E-state index contributed by atoms with van der Waals surface area (Å²) < 4.78 is 0. The molecule has 0 aliphatic heterocycles. The molecule has 1 aliphatic rings. The molecule has 1 N–H and O–H groups in total. The van der Waals surface area contributed by atoms with E-state index in [2.05, 4.69) is 18.2 Å². The first-order valence-electron chi connectivity index (χ1n) is 4.43. The monoisotopic (exact) mass is 151 g/mol. The summed E-state index contributed by atoms with van der Waals surface area (Å²) in [6, 6.07) is 0.233. The van der Waals surface area contributed by atoms with Crippen molar-refractivity contribution in [1.29, 1.82) is 0 Å².